The third kappa shape index (κ3) is 3.54. The third-order valence-corrected chi connectivity index (χ3v) is 5.10. The van der Waals surface area contributed by atoms with Crippen LogP contribution >= 0.6 is 0 Å². The van der Waals surface area contributed by atoms with Crippen LogP contribution in [0.5, 0.6) is 5.75 Å². The van der Waals surface area contributed by atoms with Gasteiger partial charge in [-0.25, -0.2) is 8.42 Å². The van der Waals surface area contributed by atoms with Gasteiger partial charge in [0.15, 0.2) is 0 Å². The number of nitro groups is 1. The minimum atomic E-state index is -3.88. The van der Waals surface area contributed by atoms with Crippen LogP contribution in [0.3, 0.4) is 0 Å². The molecule has 2 aromatic carbocycles. The van der Waals surface area contributed by atoms with Gasteiger partial charge in [-0.1, -0.05) is 6.08 Å². The topological polar surface area (TPSA) is 89.8 Å². The molecule has 8 heteroatoms. The van der Waals surface area contributed by atoms with Crippen molar-refractivity contribution in [3.05, 3.63) is 71.3 Å². The molecule has 0 aliphatic rings. The second-order valence-corrected chi connectivity index (χ2v) is 6.64. The molecule has 7 nitrogen and oxygen atoms in total. The molecule has 0 unspecified atom stereocenters. The first-order valence-electron chi connectivity index (χ1n) is 6.92. The molecule has 126 valence electrons. The lowest BCUT2D eigenvalue weighted by Crippen LogP contribution is -2.31. The van der Waals surface area contributed by atoms with Gasteiger partial charge >= 0.3 is 0 Å². The minimum Gasteiger partial charge on any atom is -0.497 e. The van der Waals surface area contributed by atoms with Crippen molar-refractivity contribution in [1.82, 2.24) is 0 Å². The van der Waals surface area contributed by atoms with E-state index < -0.39 is 14.9 Å². The van der Waals surface area contributed by atoms with E-state index in [9.17, 15) is 18.5 Å². The minimum absolute atomic E-state index is 0.0363. The van der Waals surface area contributed by atoms with E-state index in [1.54, 1.807) is 24.3 Å². The smallest absolute Gasteiger partial charge is 0.269 e. The maximum absolute atomic E-state index is 12.8. The Morgan fingerprint density at radius 1 is 1.17 bits per heavy atom. The fourth-order valence-corrected chi connectivity index (χ4v) is 3.51. The van der Waals surface area contributed by atoms with Crippen LogP contribution < -0.4 is 9.04 Å². The molecule has 0 saturated carbocycles. The number of anilines is 1. The Balaban J connectivity index is 2.43. The van der Waals surface area contributed by atoms with Crippen molar-refractivity contribution in [3.8, 4) is 5.75 Å². The molecule has 0 fully saturated rings. The maximum atomic E-state index is 12.8. The lowest BCUT2D eigenvalue weighted by molar-refractivity contribution is -0.384. The SMILES string of the molecule is C=CCN(c1ccc(OC)cc1)S(=O)(=O)c1ccc([N+](=O)[O-])cc1. The first-order chi connectivity index (χ1) is 11.4. The van der Waals surface area contributed by atoms with Crippen molar-refractivity contribution in [2.24, 2.45) is 0 Å². The molecule has 0 aliphatic heterocycles. The summed E-state index contributed by atoms with van der Waals surface area (Å²) >= 11 is 0. The molecule has 0 radical (unpaired) electrons. The largest absolute Gasteiger partial charge is 0.497 e. The first-order valence-corrected chi connectivity index (χ1v) is 8.36. The molecule has 0 saturated heterocycles. The van der Waals surface area contributed by atoms with Gasteiger partial charge in [-0.15, -0.1) is 6.58 Å². The van der Waals surface area contributed by atoms with E-state index in [1.807, 2.05) is 0 Å². The van der Waals surface area contributed by atoms with Crippen molar-refractivity contribution in [2.45, 2.75) is 4.90 Å². The van der Waals surface area contributed by atoms with Crippen LogP contribution in [0, 0.1) is 10.1 Å². The highest BCUT2D eigenvalue weighted by Gasteiger charge is 2.24. The maximum Gasteiger partial charge on any atom is 0.269 e. The Hall–Kier alpha value is -2.87. The highest BCUT2D eigenvalue weighted by atomic mass is 32.2. The van der Waals surface area contributed by atoms with Crippen molar-refractivity contribution >= 4 is 21.4 Å². The number of sulfonamides is 1. The molecule has 0 bridgehead atoms. The standard InChI is InChI=1S/C16H16N2O5S/c1-3-12-17(13-4-8-15(23-2)9-5-13)24(21,22)16-10-6-14(7-11-16)18(19)20/h3-11H,1,12H2,2H3. The summed E-state index contributed by atoms with van der Waals surface area (Å²) in [5.74, 6) is 0.602. The van der Waals surface area contributed by atoms with Crippen LogP contribution in [0.2, 0.25) is 0 Å². The van der Waals surface area contributed by atoms with Gasteiger partial charge in [-0.2, -0.15) is 0 Å². The Bertz CT molecular complexity index is 830. The zero-order chi connectivity index (χ0) is 17.7. The molecule has 0 aromatic heterocycles. The average molecular weight is 348 g/mol. The van der Waals surface area contributed by atoms with Crippen molar-refractivity contribution in [1.29, 1.82) is 0 Å². The Morgan fingerprint density at radius 3 is 2.21 bits per heavy atom. The van der Waals surface area contributed by atoms with Gasteiger partial charge in [-0.05, 0) is 36.4 Å². The number of non-ortho nitro benzene ring substituents is 1. The summed E-state index contributed by atoms with van der Waals surface area (Å²) in [7, 11) is -2.36. The monoisotopic (exact) mass is 348 g/mol. The lowest BCUT2D eigenvalue weighted by Gasteiger charge is -2.23. The summed E-state index contributed by atoms with van der Waals surface area (Å²) in [5, 5.41) is 10.7. The predicted octanol–water partition coefficient (Wildman–Crippen LogP) is 2.98. The predicted molar refractivity (Wildman–Crippen MR) is 90.8 cm³/mol. The number of hydrogen-bond acceptors (Lipinski definition) is 5. The number of hydrogen-bond donors (Lipinski definition) is 0. The second kappa shape index (κ2) is 7.14. The number of rotatable bonds is 7. The van der Waals surface area contributed by atoms with Crippen LogP contribution in [0.1, 0.15) is 0 Å². The summed E-state index contributed by atoms with van der Waals surface area (Å²) in [4.78, 5) is 10.1. The van der Waals surface area contributed by atoms with Gasteiger partial charge in [0.25, 0.3) is 15.7 Å². The van der Waals surface area contributed by atoms with E-state index in [2.05, 4.69) is 6.58 Å². The van der Waals surface area contributed by atoms with Crippen LogP contribution in [-0.2, 0) is 10.0 Å². The van der Waals surface area contributed by atoms with Gasteiger partial charge in [-0.3, -0.25) is 14.4 Å². The van der Waals surface area contributed by atoms with E-state index in [0.717, 1.165) is 12.1 Å². The number of methoxy groups -OCH3 is 1. The van der Waals surface area contributed by atoms with E-state index in [-0.39, 0.29) is 17.1 Å². The Kier molecular flexibility index (Phi) is 5.20. The molecule has 0 spiro atoms. The summed E-state index contributed by atoms with van der Waals surface area (Å²) < 4.78 is 31.9. The van der Waals surface area contributed by atoms with E-state index in [0.29, 0.717) is 11.4 Å². The molecule has 0 amide bonds. The highest BCUT2D eigenvalue weighted by molar-refractivity contribution is 7.92. The molecular weight excluding hydrogens is 332 g/mol. The number of benzene rings is 2. The molecule has 0 heterocycles. The van der Waals surface area contributed by atoms with Crippen LogP contribution in [-0.4, -0.2) is 27.0 Å². The molecule has 0 N–H and O–H groups in total. The van der Waals surface area contributed by atoms with Gasteiger partial charge in [0.05, 0.1) is 29.2 Å². The lowest BCUT2D eigenvalue weighted by atomic mass is 10.3. The van der Waals surface area contributed by atoms with Gasteiger partial charge in [0.1, 0.15) is 5.75 Å². The van der Waals surface area contributed by atoms with Crippen molar-refractivity contribution in [3.63, 3.8) is 0 Å². The summed E-state index contributed by atoms with van der Waals surface area (Å²) in [6.07, 6.45) is 1.47. The zero-order valence-corrected chi connectivity index (χ0v) is 13.8. The molecule has 0 aliphatic carbocycles. The summed E-state index contributed by atoms with van der Waals surface area (Å²) in [6, 6.07) is 11.3. The number of ether oxygens (including phenoxy) is 1. The Morgan fingerprint density at radius 2 is 1.75 bits per heavy atom. The second-order valence-electron chi connectivity index (χ2n) is 4.77. The summed E-state index contributed by atoms with van der Waals surface area (Å²) in [5.41, 5.74) is 0.266. The van der Waals surface area contributed by atoms with Crippen molar-refractivity contribution < 1.29 is 18.1 Å². The normalized spacial score (nSPS) is 10.9. The quantitative estimate of drug-likeness (QED) is 0.436. The molecule has 2 aromatic rings. The highest BCUT2D eigenvalue weighted by Crippen LogP contribution is 2.26. The van der Waals surface area contributed by atoms with Gasteiger partial charge in [0, 0.05) is 12.1 Å². The van der Waals surface area contributed by atoms with Crippen LogP contribution in [0.4, 0.5) is 11.4 Å². The van der Waals surface area contributed by atoms with Gasteiger partial charge in [0.2, 0.25) is 0 Å². The fraction of sp³-hybridized carbons (Fsp3) is 0.125. The van der Waals surface area contributed by atoms with E-state index >= 15 is 0 Å². The molecule has 2 rings (SSSR count). The number of nitro benzene ring substituents is 1. The van der Waals surface area contributed by atoms with E-state index in [4.69, 9.17) is 4.74 Å². The van der Waals surface area contributed by atoms with E-state index in [1.165, 1.54) is 29.6 Å². The summed E-state index contributed by atoms with van der Waals surface area (Å²) in [6.45, 7) is 3.65. The zero-order valence-electron chi connectivity index (χ0n) is 13.0. The van der Waals surface area contributed by atoms with Crippen LogP contribution in [0.25, 0.3) is 0 Å². The molecule has 24 heavy (non-hydrogen) atoms. The fourth-order valence-electron chi connectivity index (χ4n) is 2.08. The molecule has 0 atom stereocenters. The number of nitrogens with zero attached hydrogens (tertiary/aromatic N) is 2. The van der Waals surface area contributed by atoms with Crippen molar-refractivity contribution in [2.75, 3.05) is 18.0 Å². The van der Waals surface area contributed by atoms with Gasteiger partial charge < -0.3 is 4.74 Å². The average Bonchev–Trinajstić information content (AvgIpc) is 2.59. The molecular formula is C16H16N2O5S. The third-order valence-electron chi connectivity index (χ3n) is 3.29. The van der Waals surface area contributed by atoms with Crippen LogP contribution in [0.15, 0.2) is 66.1 Å². The first kappa shape index (κ1) is 17.5. The Labute approximate surface area is 140 Å².